The highest BCUT2D eigenvalue weighted by molar-refractivity contribution is 5.69. The number of aromatic amines is 1. The first kappa shape index (κ1) is 11.5. The third-order valence-corrected chi connectivity index (χ3v) is 3.85. The van der Waals surface area contributed by atoms with Crippen molar-refractivity contribution in [3.63, 3.8) is 0 Å². The van der Waals surface area contributed by atoms with Gasteiger partial charge >= 0.3 is 0 Å². The van der Waals surface area contributed by atoms with E-state index < -0.39 is 0 Å². The van der Waals surface area contributed by atoms with Gasteiger partial charge in [-0.1, -0.05) is 18.2 Å². The van der Waals surface area contributed by atoms with Crippen LogP contribution in [-0.2, 0) is 19.4 Å². The molecular formula is C15H19N3. The second-order valence-corrected chi connectivity index (χ2v) is 5.07. The van der Waals surface area contributed by atoms with Crippen LogP contribution in [0.4, 0.5) is 0 Å². The predicted molar refractivity (Wildman–Crippen MR) is 73.3 cm³/mol. The molecule has 0 radical (unpaired) electrons. The van der Waals surface area contributed by atoms with E-state index >= 15 is 0 Å². The van der Waals surface area contributed by atoms with Gasteiger partial charge in [0.25, 0.3) is 0 Å². The highest BCUT2D eigenvalue weighted by Gasteiger charge is 2.14. The third-order valence-electron chi connectivity index (χ3n) is 3.85. The van der Waals surface area contributed by atoms with Crippen LogP contribution in [0.15, 0.2) is 18.2 Å². The molecule has 2 aromatic rings. The molecule has 0 saturated heterocycles. The number of aromatic nitrogens is 2. The Morgan fingerprint density at radius 3 is 2.78 bits per heavy atom. The Balaban J connectivity index is 2.09. The van der Waals surface area contributed by atoms with Crippen LogP contribution in [0, 0.1) is 6.92 Å². The number of aryl methyl sites for hydroxylation is 3. The summed E-state index contributed by atoms with van der Waals surface area (Å²) < 4.78 is 0. The van der Waals surface area contributed by atoms with Crippen molar-refractivity contribution < 1.29 is 0 Å². The van der Waals surface area contributed by atoms with E-state index in [0.717, 1.165) is 11.4 Å². The van der Waals surface area contributed by atoms with Gasteiger partial charge < -0.3 is 5.73 Å². The highest BCUT2D eigenvalue weighted by Crippen LogP contribution is 2.30. The number of benzene rings is 1. The predicted octanol–water partition coefficient (Wildman–Crippen LogP) is 2.72. The van der Waals surface area contributed by atoms with Crippen LogP contribution >= 0.6 is 0 Å². The number of fused-ring (bicyclic) bond motifs is 1. The van der Waals surface area contributed by atoms with E-state index in [2.05, 4.69) is 35.3 Å². The second kappa shape index (κ2) is 4.58. The van der Waals surface area contributed by atoms with Crippen molar-refractivity contribution in [2.75, 3.05) is 0 Å². The number of nitrogens with two attached hydrogens (primary N) is 1. The Hall–Kier alpha value is -1.61. The van der Waals surface area contributed by atoms with Crippen molar-refractivity contribution in [3.05, 3.63) is 40.7 Å². The molecule has 0 bridgehead atoms. The summed E-state index contributed by atoms with van der Waals surface area (Å²) in [7, 11) is 0. The van der Waals surface area contributed by atoms with Crippen molar-refractivity contribution in [1.82, 2.24) is 10.2 Å². The lowest BCUT2D eigenvalue weighted by atomic mass is 9.89. The molecule has 3 nitrogen and oxygen atoms in total. The summed E-state index contributed by atoms with van der Waals surface area (Å²) >= 11 is 0. The lowest BCUT2D eigenvalue weighted by Gasteiger charge is -2.16. The summed E-state index contributed by atoms with van der Waals surface area (Å²) in [5.41, 5.74) is 13.3. The van der Waals surface area contributed by atoms with Crippen molar-refractivity contribution >= 4 is 0 Å². The van der Waals surface area contributed by atoms with Crippen molar-refractivity contribution in [2.45, 2.75) is 39.2 Å². The van der Waals surface area contributed by atoms with Gasteiger partial charge in [0, 0.05) is 17.8 Å². The molecule has 0 aliphatic heterocycles. The molecule has 94 valence electrons. The molecule has 18 heavy (non-hydrogen) atoms. The first-order valence-electron chi connectivity index (χ1n) is 6.65. The van der Waals surface area contributed by atoms with E-state index in [-0.39, 0.29) is 0 Å². The largest absolute Gasteiger partial charge is 0.325 e. The molecule has 0 unspecified atom stereocenters. The Kier molecular flexibility index (Phi) is 2.92. The van der Waals surface area contributed by atoms with Crippen LogP contribution in [0.25, 0.3) is 11.1 Å². The minimum atomic E-state index is 0.483. The van der Waals surface area contributed by atoms with Gasteiger partial charge in [-0.2, -0.15) is 5.10 Å². The zero-order valence-corrected chi connectivity index (χ0v) is 10.8. The van der Waals surface area contributed by atoms with Gasteiger partial charge in [0.2, 0.25) is 0 Å². The monoisotopic (exact) mass is 241 g/mol. The Labute approximate surface area is 107 Å². The van der Waals surface area contributed by atoms with Gasteiger partial charge in [0.15, 0.2) is 0 Å². The van der Waals surface area contributed by atoms with Crippen LogP contribution < -0.4 is 5.73 Å². The molecule has 1 aliphatic carbocycles. The maximum Gasteiger partial charge on any atom is 0.0838 e. The minimum Gasteiger partial charge on any atom is -0.325 e. The van der Waals surface area contributed by atoms with Crippen LogP contribution in [0.3, 0.4) is 0 Å². The van der Waals surface area contributed by atoms with Gasteiger partial charge in [-0.25, -0.2) is 0 Å². The summed E-state index contributed by atoms with van der Waals surface area (Å²) in [5.74, 6) is 0. The average molecular weight is 241 g/mol. The van der Waals surface area contributed by atoms with Crippen molar-refractivity contribution in [1.29, 1.82) is 0 Å². The number of hydrogen-bond donors (Lipinski definition) is 2. The van der Waals surface area contributed by atoms with Gasteiger partial charge in [-0.3, -0.25) is 5.10 Å². The normalized spacial score (nSPS) is 14.6. The minimum absolute atomic E-state index is 0.483. The molecule has 0 atom stereocenters. The Bertz CT molecular complexity index is 569. The van der Waals surface area contributed by atoms with Crippen LogP contribution in [-0.4, -0.2) is 10.2 Å². The molecule has 3 rings (SSSR count). The summed E-state index contributed by atoms with van der Waals surface area (Å²) in [6.07, 6.45) is 5.07. The molecule has 1 aromatic carbocycles. The van der Waals surface area contributed by atoms with Crippen LogP contribution in [0.5, 0.6) is 0 Å². The quantitative estimate of drug-likeness (QED) is 0.849. The van der Waals surface area contributed by atoms with Crippen molar-refractivity contribution in [2.24, 2.45) is 5.73 Å². The van der Waals surface area contributed by atoms with Crippen molar-refractivity contribution in [3.8, 4) is 11.1 Å². The molecule has 1 heterocycles. The van der Waals surface area contributed by atoms with Gasteiger partial charge in [-0.05, 0) is 49.3 Å². The zero-order valence-electron chi connectivity index (χ0n) is 10.8. The SMILES string of the molecule is Cc1[nH]nc(CN)c1-c1ccc2c(c1)CCCC2. The van der Waals surface area contributed by atoms with Gasteiger partial charge in [-0.15, -0.1) is 0 Å². The molecule has 3 heteroatoms. The summed E-state index contributed by atoms with van der Waals surface area (Å²) in [6.45, 7) is 2.54. The van der Waals surface area contributed by atoms with Crippen LogP contribution in [0.1, 0.15) is 35.4 Å². The maximum atomic E-state index is 5.76. The van der Waals surface area contributed by atoms with E-state index in [4.69, 9.17) is 5.73 Å². The number of rotatable bonds is 2. The fraction of sp³-hybridized carbons (Fsp3) is 0.400. The third kappa shape index (κ3) is 1.85. The summed E-state index contributed by atoms with van der Waals surface area (Å²) in [4.78, 5) is 0. The van der Waals surface area contributed by atoms with Gasteiger partial charge in [0.05, 0.1) is 5.69 Å². The lowest BCUT2D eigenvalue weighted by molar-refractivity contribution is 0.686. The van der Waals surface area contributed by atoms with Crippen LogP contribution in [0.2, 0.25) is 0 Å². The summed E-state index contributed by atoms with van der Waals surface area (Å²) in [5, 5.41) is 7.31. The molecule has 0 spiro atoms. The summed E-state index contributed by atoms with van der Waals surface area (Å²) in [6, 6.07) is 6.81. The molecule has 1 aliphatic rings. The zero-order chi connectivity index (χ0) is 12.5. The topological polar surface area (TPSA) is 54.7 Å². The first-order chi connectivity index (χ1) is 8.79. The molecule has 1 aromatic heterocycles. The van der Waals surface area contributed by atoms with E-state index in [0.29, 0.717) is 6.54 Å². The number of H-pyrrole nitrogens is 1. The molecule has 0 saturated carbocycles. The lowest BCUT2D eigenvalue weighted by Crippen LogP contribution is -2.03. The molecule has 0 fully saturated rings. The Morgan fingerprint density at radius 2 is 2.00 bits per heavy atom. The number of hydrogen-bond acceptors (Lipinski definition) is 2. The van der Waals surface area contributed by atoms with E-state index in [1.807, 2.05) is 0 Å². The fourth-order valence-electron chi connectivity index (χ4n) is 2.90. The van der Waals surface area contributed by atoms with E-state index in [1.54, 1.807) is 0 Å². The average Bonchev–Trinajstić information content (AvgIpc) is 2.79. The maximum absolute atomic E-state index is 5.76. The van der Waals surface area contributed by atoms with Gasteiger partial charge in [0.1, 0.15) is 0 Å². The standard InChI is InChI=1S/C15H19N3/c1-10-15(14(9-16)18-17-10)13-7-6-11-4-2-3-5-12(11)8-13/h6-8H,2-5,9,16H2,1H3,(H,17,18). The first-order valence-corrected chi connectivity index (χ1v) is 6.65. The fourth-order valence-corrected chi connectivity index (χ4v) is 2.90. The second-order valence-electron chi connectivity index (χ2n) is 5.07. The smallest absolute Gasteiger partial charge is 0.0838 e. The number of nitrogens with one attached hydrogen (secondary N) is 1. The van der Waals surface area contributed by atoms with E-state index in [9.17, 15) is 0 Å². The van der Waals surface area contributed by atoms with E-state index in [1.165, 1.54) is 47.9 Å². The molecule has 3 N–H and O–H groups in total. The Morgan fingerprint density at radius 1 is 1.22 bits per heavy atom. The highest BCUT2D eigenvalue weighted by atomic mass is 15.1. The number of nitrogens with zero attached hydrogens (tertiary/aromatic N) is 1. The molecular weight excluding hydrogens is 222 g/mol. The molecule has 0 amide bonds.